The van der Waals surface area contributed by atoms with E-state index in [1.165, 1.54) is 180 Å². The number of hydrogen-bond acceptors (Lipinski definition) is 8. The zero-order chi connectivity index (χ0) is 46.1. The lowest BCUT2D eigenvalue weighted by molar-refractivity contribution is -0.146. The second kappa shape index (κ2) is 50.2. The molecule has 63 heavy (non-hydrogen) atoms. The van der Waals surface area contributed by atoms with Gasteiger partial charge in [0.15, 0.2) is 0 Å². The van der Waals surface area contributed by atoms with Crippen molar-refractivity contribution < 1.29 is 29.3 Å². The van der Waals surface area contributed by atoms with Crippen LogP contribution in [0.15, 0.2) is 0 Å². The minimum absolute atomic E-state index is 0.0386. The molecule has 8 nitrogen and oxygen atoms in total. The lowest BCUT2D eigenvalue weighted by atomic mass is 9.94. The van der Waals surface area contributed by atoms with Gasteiger partial charge in [-0.15, -0.1) is 0 Å². The number of rotatable bonds is 52. The van der Waals surface area contributed by atoms with E-state index in [2.05, 4.69) is 37.5 Å². The highest BCUT2D eigenvalue weighted by atomic mass is 16.5. The zero-order valence-corrected chi connectivity index (χ0v) is 42.8. The summed E-state index contributed by atoms with van der Waals surface area (Å²) in [6, 6.07) is 0. The predicted octanol–water partition coefficient (Wildman–Crippen LogP) is 14.4. The molecule has 0 aliphatic carbocycles. The number of unbranched alkanes of at least 4 members (excludes halogenated alkanes) is 24. The SMILES string of the molecule is CCCCCCCCC(CCCCCCCC)COC(=O)CCCCCN(CCO)CCCN(CCO)CCCCCC(=O)OCC(CCCCCCCC)CCCCCCCC. The Morgan fingerprint density at radius 3 is 0.921 bits per heavy atom. The molecule has 0 amide bonds. The number of esters is 2. The molecule has 0 aliphatic rings. The number of aliphatic hydroxyl groups is 2. The minimum atomic E-state index is -0.0386. The number of carbonyl (C=O) groups excluding carboxylic acids is 2. The van der Waals surface area contributed by atoms with Crippen LogP contribution in [0.1, 0.15) is 265 Å². The van der Waals surface area contributed by atoms with E-state index < -0.39 is 0 Å². The van der Waals surface area contributed by atoms with Crippen molar-refractivity contribution in [2.45, 2.75) is 265 Å². The third-order valence-corrected chi connectivity index (χ3v) is 13.3. The molecule has 0 heterocycles. The second-order valence-corrected chi connectivity index (χ2v) is 19.4. The van der Waals surface area contributed by atoms with Gasteiger partial charge in [-0.05, 0) is 95.8 Å². The Morgan fingerprint density at radius 2 is 0.619 bits per heavy atom. The van der Waals surface area contributed by atoms with E-state index in [-0.39, 0.29) is 25.2 Å². The summed E-state index contributed by atoms with van der Waals surface area (Å²) >= 11 is 0. The first-order valence-corrected chi connectivity index (χ1v) is 27.9. The number of carbonyl (C=O) groups is 2. The molecule has 0 aliphatic heterocycles. The van der Waals surface area contributed by atoms with Crippen LogP contribution in [0.4, 0.5) is 0 Å². The van der Waals surface area contributed by atoms with Gasteiger partial charge in [-0.3, -0.25) is 9.59 Å². The van der Waals surface area contributed by atoms with E-state index in [0.717, 1.165) is 71.1 Å². The van der Waals surface area contributed by atoms with Gasteiger partial charge in [0.1, 0.15) is 0 Å². The minimum Gasteiger partial charge on any atom is -0.465 e. The third-order valence-electron chi connectivity index (χ3n) is 13.3. The normalized spacial score (nSPS) is 11.8. The Labute approximate surface area is 392 Å². The van der Waals surface area contributed by atoms with Gasteiger partial charge in [-0.1, -0.05) is 195 Å². The molecule has 0 bridgehead atoms. The van der Waals surface area contributed by atoms with Crippen LogP contribution >= 0.6 is 0 Å². The van der Waals surface area contributed by atoms with Gasteiger partial charge in [-0.25, -0.2) is 0 Å². The molecule has 0 spiro atoms. The van der Waals surface area contributed by atoms with Gasteiger partial charge in [0.25, 0.3) is 0 Å². The summed E-state index contributed by atoms with van der Waals surface area (Å²) in [4.78, 5) is 30.1. The molecule has 0 saturated carbocycles. The van der Waals surface area contributed by atoms with E-state index in [4.69, 9.17) is 9.47 Å². The van der Waals surface area contributed by atoms with Crippen molar-refractivity contribution in [3.8, 4) is 0 Å². The highest BCUT2D eigenvalue weighted by Crippen LogP contribution is 2.22. The van der Waals surface area contributed by atoms with Crippen molar-refractivity contribution >= 4 is 11.9 Å². The molecule has 0 radical (unpaired) electrons. The average molecular weight is 895 g/mol. The molecule has 0 saturated heterocycles. The van der Waals surface area contributed by atoms with Crippen LogP contribution in [0.5, 0.6) is 0 Å². The summed E-state index contributed by atoms with van der Waals surface area (Å²) in [5.41, 5.74) is 0. The standard InChI is InChI=1S/C55H110N2O6/c1-5-9-13-17-21-27-36-52(37-28-22-18-14-10-6-2)50-62-54(60)40-31-25-33-42-56(46-48-58)44-35-45-57(47-49-59)43-34-26-32-41-55(61)63-51-53(38-29-23-19-15-11-7-3)39-30-24-20-16-12-8-4/h52-53,58-59H,5-51H2,1-4H3. The lowest BCUT2D eigenvalue weighted by Gasteiger charge is -2.25. The lowest BCUT2D eigenvalue weighted by Crippen LogP contribution is -2.34. The monoisotopic (exact) mass is 895 g/mol. The van der Waals surface area contributed by atoms with Crippen molar-refractivity contribution in [1.29, 1.82) is 0 Å². The average Bonchev–Trinajstić information content (AvgIpc) is 3.28. The van der Waals surface area contributed by atoms with Crippen LogP contribution in [-0.2, 0) is 19.1 Å². The quantitative estimate of drug-likeness (QED) is 0.0460. The molecule has 8 heteroatoms. The summed E-state index contributed by atoms with van der Waals surface area (Å²) in [5, 5.41) is 19.5. The number of aliphatic hydroxyl groups excluding tert-OH is 2. The van der Waals surface area contributed by atoms with Crippen molar-refractivity contribution in [2.24, 2.45) is 11.8 Å². The predicted molar refractivity (Wildman–Crippen MR) is 269 cm³/mol. The third kappa shape index (κ3) is 44.4. The summed E-state index contributed by atoms with van der Waals surface area (Å²) < 4.78 is 11.7. The van der Waals surface area contributed by atoms with Crippen LogP contribution in [-0.4, -0.2) is 97.6 Å². The Balaban J connectivity index is 4.43. The van der Waals surface area contributed by atoms with E-state index in [0.29, 0.717) is 51.0 Å². The van der Waals surface area contributed by atoms with E-state index in [1.807, 2.05) is 0 Å². The highest BCUT2D eigenvalue weighted by Gasteiger charge is 2.15. The summed E-state index contributed by atoms with van der Waals surface area (Å²) in [5.74, 6) is 0.931. The van der Waals surface area contributed by atoms with Crippen molar-refractivity contribution in [1.82, 2.24) is 9.80 Å². The number of nitrogens with zero attached hydrogens (tertiary/aromatic N) is 2. The largest absolute Gasteiger partial charge is 0.465 e. The molecule has 0 aromatic carbocycles. The first kappa shape index (κ1) is 61.8. The van der Waals surface area contributed by atoms with E-state index in [9.17, 15) is 19.8 Å². The van der Waals surface area contributed by atoms with Gasteiger partial charge >= 0.3 is 11.9 Å². The topological polar surface area (TPSA) is 99.5 Å². The van der Waals surface area contributed by atoms with Crippen LogP contribution < -0.4 is 0 Å². The van der Waals surface area contributed by atoms with Gasteiger partial charge in [-0.2, -0.15) is 0 Å². The van der Waals surface area contributed by atoms with Crippen molar-refractivity contribution in [3.05, 3.63) is 0 Å². The fourth-order valence-corrected chi connectivity index (χ4v) is 9.08. The number of ether oxygens (including phenoxy) is 2. The molecule has 0 unspecified atom stereocenters. The van der Waals surface area contributed by atoms with Crippen LogP contribution in [0.2, 0.25) is 0 Å². The molecule has 0 rings (SSSR count). The van der Waals surface area contributed by atoms with Gasteiger partial charge in [0, 0.05) is 25.9 Å². The maximum Gasteiger partial charge on any atom is 0.305 e. The summed E-state index contributed by atoms with van der Waals surface area (Å²) in [6.07, 6.45) is 43.8. The van der Waals surface area contributed by atoms with Crippen molar-refractivity contribution in [2.75, 3.05) is 65.7 Å². The number of hydrogen-bond donors (Lipinski definition) is 2. The molecule has 376 valence electrons. The summed E-state index contributed by atoms with van der Waals surface area (Å²) in [6.45, 7) is 15.5. The smallest absolute Gasteiger partial charge is 0.305 e. The van der Waals surface area contributed by atoms with Crippen molar-refractivity contribution in [3.63, 3.8) is 0 Å². The molecule has 2 N–H and O–H groups in total. The fourth-order valence-electron chi connectivity index (χ4n) is 9.08. The molecule has 0 aromatic rings. The van der Waals surface area contributed by atoms with Gasteiger partial charge in [0.05, 0.1) is 26.4 Å². The molecule has 0 aromatic heterocycles. The fraction of sp³-hybridized carbons (Fsp3) is 0.964. The van der Waals surface area contributed by atoms with Gasteiger partial charge < -0.3 is 29.5 Å². The van der Waals surface area contributed by atoms with Crippen LogP contribution in [0.25, 0.3) is 0 Å². The molecule has 0 atom stereocenters. The first-order valence-electron chi connectivity index (χ1n) is 27.9. The van der Waals surface area contributed by atoms with E-state index in [1.54, 1.807) is 0 Å². The Bertz CT molecular complexity index is 833. The zero-order valence-electron chi connectivity index (χ0n) is 42.8. The molecule has 0 fully saturated rings. The van der Waals surface area contributed by atoms with Crippen LogP contribution in [0.3, 0.4) is 0 Å². The maximum atomic E-state index is 12.7. The first-order chi connectivity index (χ1) is 30.9. The van der Waals surface area contributed by atoms with Crippen LogP contribution in [0, 0.1) is 11.8 Å². The maximum absolute atomic E-state index is 12.7. The molecular weight excluding hydrogens is 785 g/mol. The highest BCUT2D eigenvalue weighted by molar-refractivity contribution is 5.69. The second-order valence-electron chi connectivity index (χ2n) is 19.4. The van der Waals surface area contributed by atoms with E-state index >= 15 is 0 Å². The molecular formula is C55H110N2O6. The Morgan fingerprint density at radius 1 is 0.349 bits per heavy atom. The summed E-state index contributed by atoms with van der Waals surface area (Å²) in [7, 11) is 0. The Hall–Kier alpha value is -1.22. The van der Waals surface area contributed by atoms with Gasteiger partial charge in [0.2, 0.25) is 0 Å². The Kier molecular flexibility index (Phi) is 49.2.